The number of hydrogen-bond acceptors (Lipinski definition) is 3. The minimum absolute atomic E-state index is 0.162. The Morgan fingerprint density at radius 1 is 1.06 bits per heavy atom. The van der Waals surface area contributed by atoms with Gasteiger partial charge in [-0.2, -0.15) is 0 Å². The van der Waals surface area contributed by atoms with E-state index in [1.807, 2.05) is 30.3 Å². The summed E-state index contributed by atoms with van der Waals surface area (Å²) < 4.78 is 0. The number of thioether (sulfide) groups is 1. The van der Waals surface area contributed by atoms with Gasteiger partial charge in [0.15, 0.2) is 0 Å². The fourth-order valence-electron chi connectivity index (χ4n) is 4.22. The third kappa shape index (κ3) is 4.64. The Labute approximate surface area is 197 Å². The van der Waals surface area contributed by atoms with Gasteiger partial charge in [-0.05, 0) is 45.5 Å². The zero-order valence-corrected chi connectivity index (χ0v) is 19.9. The smallest absolute Gasteiger partial charge is 0.305 e. The number of rotatable bonds is 4. The second-order valence-corrected chi connectivity index (χ2v) is 11.1. The van der Waals surface area contributed by atoms with Gasteiger partial charge in [-0.15, -0.1) is 11.8 Å². The summed E-state index contributed by atoms with van der Waals surface area (Å²) in [6.45, 7) is 6.70. The molecule has 6 heteroatoms. The molecule has 4 rings (SSSR count). The van der Waals surface area contributed by atoms with Crippen LogP contribution in [0.1, 0.15) is 43.6 Å². The Kier molecular flexibility index (Phi) is 6.24. The molecule has 32 heavy (non-hydrogen) atoms. The van der Waals surface area contributed by atoms with Crippen molar-refractivity contribution in [1.82, 2.24) is 0 Å². The van der Waals surface area contributed by atoms with Gasteiger partial charge in [-0.25, -0.2) is 0 Å². The zero-order valence-electron chi connectivity index (χ0n) is 18.3. The van der Waals surface area contributed by atoms with Crippen molar-refractivity contribution in [1.29, 1.82) is 0 Å². The van der Waals surface area contributed by atoms with Gasteiger partial charge in [0, 0.05) is 17.3 Å². The second kappa shape index (κ2) is 8.80. The molecule has 1 amide bonds. The van der Waals surface area contributed by atoms with E-state index < -0.39 is 11.2 Å². The summed E-state index contributed by atoms with van der Waals surface area (Å²) in [5, 5.41) is 11.4. The van der Waals surface area contributed by atoms with Crippen LogP contribution in [-0.4, -0.2) is 28.8 Å². The molecule has 0 saturated carbocycles. The summed E-state index contributed by atoms with van der Waals surface area (Å²) in [5.74, 6) is -1.15. The maximum atomic E-state index is 13.7. The molecule has 0 spiro atoms. The molecule has 0 aromatic heterocycles. The Balaban J connectivity index is 1.96. The second-order valence-electron chi connectivity index (χ2n) is 9.36. The number of amides is 1. The molecule has 1 aliphatic rings. The van der Waals surface area contributed by atoms with Gasteiger partial charge < -0.3 is 10.0 Å². The summed E-state index contributed by atoms with van der Waals surface area (Å²) in [6.07, 6.45) is -0.229. The van der Waals surface area contributed by atoms with E-state index in [1.54, 1.807) is 11.0 Å². The van der Waals surface area contributed by atoms with Crippen LogP contribution in [0.25, 0.3) is 10.8 Å². The Morgan fingerprint density at radius 2 is 1.78 bits per heavy atom. The average molecular weight is 468 g/mol. The summed E-state index contributed by atoms with van der Waals surface area (Å²) in [6, 6.07) is 19.9. The predicted octanol–water partition coefficient (Wildman–Crippen LogP) is 6.55. The fraction of sp³-hybridized carbons (Fsp3) is 0.308. The number of hydrogen-bond donors (Lipinski definition) is 1. The van der Waals surface area contributed by atoms with Gasteiger partial charge in [0.1, 0.15) is 0 Å². The topological polar surface area (TPSA) is 57.6 Å². The lowest BCUT2D eigenvalue weighted by atomic mass is 9.93. The number of fused-ring (bicyclic) bond motifs is 2. The Bertz CT molecular complexity index is 1180. The van der Waals surface area contributed by atoms with E-state index in [0.717, 1.165) is 27.6 Å². The predicted molar refractivity (Wildman–Crippen MR) is 133 cm³/mol. The van der Waals surface area contributed by atoms with Crippen molar-refractivity contribution in [3.8, 4) is 0 Å². The lowest BCUT2D eigenvalue weighted by Crippen LogP contribution is -2.42. The average Bonchev–Trinajstić information content (AvgIpc) is 2.82. The van der Waals surface area contributed by atoms with E-state index in [0.29, 0.717) is 11.6 Å². The molecule has 0 bridgehead atoms. The number of carboxylic acids is 1. The molecule has 0 aliphatic carbocycles. The van der Waals surface area contributed by atoms with Crippen molar-refractivity contribution >= 4 is 51.7 Å². The third-order valence-electron chi connectivity index (χ3n) is 5.50. The van der Waals surface area contributed by atoms with Gasteiger partial charge in [-0.1, -0.05) is 74.8 Å². The first-order valence-corrected chi connectivity index (χ1v) is 11.9. The number of carbonyl (C=O) groups is 2. The number of halogens is 1. The van der Waals surface area contributed by atoms with E-state index in [9.17, 15) is 14.7 Å². The first-order valence-electron chi connectivity index (χ1n) is 10.6. The van der Waals surface area contributed by atoms with Crippen LogP contribution in [0.3, 0.4) is 0 Å². The van der Waals surface area contributed by atoms with Crippen LogP contribution < -0.4 is 4.90 Å². The van der Waals surface area contributed by atoms with E-state index >= 15 is 0 Å². The normalized spacial score (nSPS) is 19.0. The number of anilines is 1. The SMILES string of the molecule is CC(C)(C)CN1C(=O)[C@H](CC(=O)O)S[C@@H](c2cccc3ccccc23)c2cc(Cl)ccc21. The first-order chi connectivity index (χ1) is 15.1. The molecule has 4 nitrogen and oxygen atoms in total. The van der Waals surface area contributed by atoms with Gasteiger partial charge in [0.25, 0.3) is 0 Å². The molecule has 1 N–H and O–H groups in total. The van der Waals surface area contributed by atoms with E-state index in [2.05, 4.69) is 45.0 Å². The number of benzene rings is 3. The molecule has 0 saturated heterocycles. The zero-order chi connectivity index (χ0) is 23.0. The van der Waals surface area contributed by atoms with Crippen LogP contribution in [0.15, 0.2) is 60.7 Å². The molecule has 1 heterocycles. The molecule has 0 radical (unpaired) electrons. The maximum Gasteiger partial charge on any atom is 0.305 e. The third-order valence-corrected chi connectivity index (χ3v) is 7.21. The van der Waals surface area contributed by atoms with Crippen molar-refractivity contribution in [3.05, 3.63) is 76.8 Å². The molecule has 0 unspecified atom stereocenters. The highest BCUT2D eigenvalue weighted by Gasteiger charge is 2.39. The number of carbonyl (C=O) groups excluding carboxylic acids is 1. The van der Waals surface area contributed by atoms with E-state index in [1.165, 1.54) is 11.8 Å². The standard InChI is InChI=1S/C26H26ClNO3S/c1-26(2,3)15-28-21-12-11-17(27)13-20(21)24(32-22(25(28)31)14-23(29)30)19-10-6-8-16-7-4-5-9-18(16)19/h4-13,22,24H,14-15H2,1-3H3,(H,29,30)/t22-,24-/m0/s1. The van der Waals surface area contributed by atoms with Crippen molar-refractivity contribution < 1.29 is 14.7 Å². The molecule has 2 atom stereocenters. The van der Waals surface area contributed by atoms with Crippen LogP contribution in [0.5, 0.6) is 0 Å². The van der Waals surface area contributed by atoms with Crippen LogP contribution in [0.4, 0.5) is 5.69 Å². The van der Waals surface area contributed by atoms with Gasteiger partial charge >= 0.3 is 5.97 Å². The van der Waals surface area contributed by atoms with Crippen LogP contribution in [0.2, 0.25) is 5.02 Å². The molecular formula is C26H26ClNO3S. The number of aliphatic carboxylic acids is 1. The van der Waals surface area contributed by atoms with Gasteiger partial charge in [-0.3, -0.25) is 9.59 Å². The molecule has 1 aliphatic heterocycles. The summed E-state index contributed by atoms with van der Waals surface area (Å²) in [7, 11) is 0. The highest BCUT2D eigenvalue weighted by Crippen LogP contribution is 2.49. The summed E-state index contributed by atoms with van der Waals surface area (Å²) >= 11 is 7.84. The van der Waals surface area contributed by atoms with Crippen LogP contribution >= 0.6 is 23.4 Å². The number of nitrogens with zero attached hydrogens (tertiary/aromatic N) is 1. The lowest BCUT2D eigenvalue weighted by Gasteiger charge is -2.31. The van der Waals surface area contributed by atoms with Crippen LogP contribution in [-0.2, 0) is 9.59 Å². The van der Waals surface area contributed by atoms with Crippen molar-refractivity contribution in [3.63, 3.8) is 0 Å². The minimum Gasteiger partial charge on any atom is -0.481 e. The minimum atomic E-state index is -0.979. The molecular weight excluding hydrogens is 442 g/mol. The summed E-state index contributed by atoms with van der Waals surface area (Å²) in [5.41, 5.74) is 2.62. The molecule has 166 valence electrons. The lowest BCUT2D eigenvalue weighted by molar-refractivity contribution is -0.138. The van der Waals surface area contributed by atoms with Gasteiger partial charge in [0.2, 0.25) is 5.91 Å². The quantitative estimate of drug-likeness (QED) is 0.472. The molecule has 3 aromatic rings. The van der Waals surface area contributed by atoms with E-state index in [-0.39, 0.29) is 23.0 Å². The van der Waals surface area contributed by atoms with Crippen molar-refractivity contribution in [2.75, 3.05) is 11.4 Å². The Morgan fingerprint density at radius 3 is 2.50 bits per heavy atom. The van der Waals surface area contributed by atoms with Crippen molar-refractivity contribution in [2.24, 2.45) is 5.41 Å². The first kappa shape index (κ1) is 22.7. The molecule has 3 aromatic carbocycles. The largest absolute Gasteiger partial charge is 0.481 e. The van der Waals surface area contributed by atoms with Crippen LogP contribution in [0, 0.1) is 5.41 Å². The highest BCUT2D eigenvalue weighted by molar-refractivity contribution is 8.01. The van der Waals surface area contributed by atoms with Gasteiger partial charge in [0.05, 0.1) is 16.9 Å². The molecule has 0 fully saturated rings. The van der Waals surface area contributed by atoms with E-state index in [4.69, 9.17) is 11.6 Å². The number of carboxylic acid groups (broad SMARTS) is 1. The fourth-order valence-corrected chi connectivity index (χ4v) is 5.90. The monoisotopic (exact) mass is 467 g/mol. The van der Waals surface area contributed by atoms with Crippen molar-refractivity contribution in [2.45, 2.75) is 37.7 Å². The Hall–Kier alpha value is -2.50. The maximum absolute atomic E-state index is 13.7. The highest BCUT2D eigenvalue weighted by atomic mass is 35.5. The summed E-state index contributed by atoms with van der Waals surface area (Å²) in [4.78, 5) is 27.1.